The SMILES string of the molecule is CCOCCCNC(=NCc1ccc(OC)cc1)NCc1ccc(C)nc1N1CCCC1. The Morgan fingerprint density at radius 1 is 1.09 bits per heavy atom. The maximum atomic E-state index is 5.45. The van der Waals surface area contributed by atoms with Crippen LogP contribution in [0.5, 0.6) is 5.75 Å². The molecule has 1 fully saturated rings. The normalized spacial score (nSPS) is 14.0. The number of benzene rings is 1. The molecule has 7 nitrogen and oxygen atoms in total. The minimum Gasteiger partial charge on any atom is -0.497 e. The summed E-state index contributed by atoms with van der Waals surface area (Å²) in [7, 11) is 1.68. The van der Waals surface area contributed by atoms with Crippen molar-refractivity contribution in [3.63, 3.8) is 0 Å². The summed E-state index contributed by atoms with van der Waals surface area (Å²) in [6.07, 6.45) is 3.40. The number of aromatic nitrogens is 1. The van der Waals surface area contributed by atoms with E-state index >= 15 is 0 Å². The van der Waals surface area contributed by atoms with Crippen molar-refractivity contribution in [1.29, 1.82) is 0 Å². The second-order valence-electron chi connectivity index (χ2n) is 7.97. The van der Waals surface area contributed by atoms with Gasteiger partial charge in [-0.1, -0.05) is 18.2 Å². The van der Waals surface area contributed by atoms with Gasteiger partial charge in [0.2, 0.25) is 0 Å². The second kappa shape index (κ2) is 12.9. The van der Waals surface area contributed by atoms with Crippen LogP contribution in [0.15, 0.2) is 41.4 Å². The number of nitrogens with zero attached hydrogens (tertiary/aromatic N) is 3. The fourth-order valence-corrected chi connectivity index (χ4v) is 3.69. The molecular formula is C25H37N5O2. The highest BCUT2D eigenvalue weighted by Crippen LogP contribution is 2.23. The molecule has 0 atom stereocenters. The molecule has 2 aromatic rings. The van der Waals surface area contributed by atoms with Gasteiger partial charge in [0.1, 0.15) is 11.6 Å². The van der Waals surface area contributed by atoms with E-state index in [-0.39, 0.29) is 0 Å². The van der Waals surface area contributed by atoms with E-state index in [1.165, 1.54) is 18.4 Å². The van der Waals surface area contributed by atoms with Gasteiger partial charge in [0.15, 0.2) is 5.96 Å². The third-order valence-corrected chi connectivity index (χ3v) is 5.49. The Hall–Kier alpha value is -2.80. The molecule has 1 aliphatic heterocycles. The molecule has 32 heavy (non-hydrogen) atoms. The lowest BCUT2D eigenvalue weighted by Gasteiger charge is -2.21. The van der Waals surface area contributed by atoms with Crippen molar-refractivity contribution in [2.24, 2.45) is 4.99 Å². The van der Waals surface area contributed by atoms with Crippen LogP contribution in [0.25, 0.3) is 0 Å². The van der Waals surface area contributed by atoms with Crippen LogP contribution in [0.3, 0.4) is 0 Å². The highest BCUT2D eigenvalue weighted by atomic mass is 16.5. The van der Waals surface area contributed by atoms with Crippen LogP contribution in [0.1, 0.15) is 43.0 Å². The van der Waals surface area contributed by atoms with E-state index < -0.39 is 0 Å². The first kappa shape index (κ1) is 23.9. The van der Waals surface area contributed by atoms with E-state index in [0.29, 0.717) is 13.1 Å². The lowest BCUT2D eigenvalue weighted by atomic mass is 10.2. The van der Waals surface area contributed by atoms with Gasteiger partial charge in [-0.2, -0.15) is 0 Å². The molecule has 0 radical (unpaired) electrons. The minimum atomic E-state index is 0.593. The Kier molecular flexibility index (Phi) is 9.62. The third kappa shape index (κ3) is 7.41. The van der Waals surface area contributed by atoms with Gasteiger partial charge < -0.3 is 25.0 Å². The van der Waals surface area contributed by atoms with Crippen molar-refractivity contribution in [3.8, 4) is 5.75 Å². The molecule has 0 spiro atoms. The van der Waals surface area contributed by atoms with Crippen LogP contribution in [-0.2, 0) is 17.8 Å². The van der Waals surface area contributed by atoms with E-state index in [4.69, 9.17) is 19.5 Å². The van der Waals surface area contributed by atoms with Crippen LogP contribution < -0.4 is 20.3 Å². The Bertz CT molecular complexity index is 848. The fourth-order valence-electron chi connectivity index (χ4n) is 3.69. The quantitative estimate of drug-likeness (QED) is 0.316. The first-order valence-corrected chi connectivity index (χ1v) is 11.6. The van der Waals surface area contributed by atoms with E-state index in [2.05, 4.69) is 34.6 Å². The number of hydrogen-bond acceptors (Lipinski definition) is 5. The zero-order valence-corrected chi connectivity index (χ0v) is 19.7. The molecule has 7 heteroatoms. The molecule has 174 valence electrons. The van der Waals surface area contributed by atoms with Crippen molar-refractivity contribution in [2.45, 2.75) is 46.2 Å². The smallest absolute Gasteiger partial charge is 0.191 e. The van der Waals surface area contributed by atoms with Gasteiger partial charge in [-0.15, -0.1) is 0 Å². The second-order valence-corrected chi connectivity index (χ2v) is 7.97. The number of anilines is 1. The zero-order valence-electron chi connectivity index (χ0n) is 19.7. The Morgan fingerprint density at radius 2 is 1.88 bits per heavy atom. The minimum absolute atomic E-state index is 0.593. The summed E-state index contributed by atoms with van der Waals surface area (Å²) < 4.78 is 10.7. The van der Waals surface area contributed by atoms with Gasteiger partial charge in [-0.05, 0) is 56.9 Å². The summed E-state index contributed by atoms with van der Waals surface area (Å²) in [5.74, 6) is 2.75. The van der Waals surface area contributed by atoms with E-state index in [0.717, 1.165) is 68.1 Å². The van der Waals surface area contributed by atoms with Crippen LogP contribution in [-0.4, -0.2) is 50.9 Å². The van der Waals surface area contributed by atoms with Crippen LogP contribution in [0.4, 0.5) is 5.82 Å². The molecular weight excluding hydrogens is 402 g/mol. The number of pyridine rings is 1. The van der Waals surface area contributed by atoms with Crippen molar-refractivity contribution in [1.82, 2.24) is 15.6 Å². The summed E-state index contributed by atoms with van der Waals surface area (Å²) in [4.78, 5) is 12.0. The topological polar surface area (TPSA) is 71.0 Å². The highest BCUT2D eigenvalue weighted by Gasteiger charge is 2.17. The summed E-state index contributed by atoms with van der Waals surface area (Å²) in [6, 6.07) is 12.3. The number of aliphatic imine (C=N–C) groups is 1. The standard InChI is InChI=1S/C25H37N5O2/c1-4-32-17-7-14-26-25(27-18-21-9-12-23(31-3)13-10-21)28-19-22-11-8-20(2)29-24(22)30-15-5-6-16-30/h8-13H,4-7,14-19H2,1-3H3,(H2,26,27,28). The number of rotatable bonds is 11. The Morgan fingerprint density at radius 3 is 2.59 bits per heavy atom. The predicted molar refractivity (Wildman–Crippen MR) is 131 cm³/mol. The molecule has 1 aromatic heterocycles. The molecule has 1 aromatic carbocycles. The number of methoxy groups -OCH3 is 1. The van der Waals surface area contributed by atoms with Crippen molar-refractivity contribution in [2.75, 3.05) is 44.9 Å². The molecule has 0 saturated carbocycles. The van der Waals surface area contributed by atoms with Crippen LogP contribution in [0, 0.1) is 6.92 Å². The number of hydrogen-bond donors (Lipinski definition) is 2. The molecule has 1 saturated heterocycles. The predicted octanol–water partition coefficient (Wildman–Crippen LogP) is 3.66. The van der Waals surface area contributed by atoms with Gasteiger partial charge >= 0.3 is 0 Å². The Balaban J connectivity index is 1.66. The average molecular weight is 440 g/mol. The largest absolute Gasteiger partial charge is 0.497 e. The highest BCUT2D eigenvalue weighted by molar-refractivity contribution is 5.80. The molecule has 1 aliphatic rings. The summed E-state index contributed by atoms with van der Waals surface area (Å²) in [6.45, 7) is 9.80. The van der Waals surface area contributed by atoms with Gasteiger partial charge in [0.25, 0.3) is 0 Å². The molecule has 3 rings (SSSR count). The molecule has 2 N–H and O–H groups in total. The van der Waals surface area contributed by atoms with Crippen LogP contribution >= 0.6 is 0 Å². The van der Waals surface area contributed by atoms with E-state index in [1.54, 1.807) is 7.11 Å². The molecule has 0 bridgehead atoms. The van der Waals surface area contributed by atoms with Gasteiger partial charge in [-0.3, -0.25) is 0 Å². The lowest BCUT2D eigenvalue weighted by Crippen LogP contribution is -2.38. The molecule has 0 unspecified atom stereocenters. The zero-order chi connectivity index (χ0) is 22.6. The number of nitrogens with one attached hydrogen (secondary N) is 2. The average Bonchev–Trinajstić information content (AvgIpc) is 3.36. The number of aryl methyl sites for hydroxylation is 1. The monoisotopic (exact) mass is 439 g/mol. The summed E-state index contributed by atoms with van der Waals surface area (Å²) in [5.41, 5.74) is 3.39. The summed E-state index contributed by atoms with van der Waals surface area (Å²) >= 11 is 0. The van der Waals surface area contributed by atoms with Crippen molar-refractivity contribution < 1.29 is 9.47 Å². The first-order valence-electron chi connectivity index (χ1n) is 11.6. The number of ether oxygens (including phenoxy) is 2. The summed E-state index contributed by atoms with van der Waals surface area (Å²) in [5, 5.41) is 6.95. The molecule has 0 aliphatic carbocycles. The number of guanidine groups is 1. The van der Waals surface area contributed by atoms with Crippen LogP contribution in [0.2, 0.25) is 0 Å². The van der Waals surface area contributed by atoms with Crippen molar-refractivity contribution in [3.05, 3.63) is 53.2 Å². The fraction of sp³-hybridized carbons (Fsp3) is 0.520. The first-order chi connectivity index (χ1) is 15.7. The van der Waals surface area contributed by atoms with Gasteiger partial charge in [0.05, 0.1) is 13.7 Å². The van der Waals surface area contributed by atoms with Gasteiger partial charge in [0, 0.05) is 50.7 Å². The maximum Gasteiger partial charge on any atom is 0.191 e. The maximum absolute atomic E-state index is 5.45. The third-order valence-electron chi connectivity index (χ3n) is 5.49. The molecule has 2 heterocycles. The van der Waals surface area contributed by atoms with Gasteiger partial charge in [-0.25, -0.2) is 9.98 Å². The lowest BCUT2D eigenvalue weighted by molar-refractivity contribution is 0.145. The van der Waals surface area contributed by atoms with E-state index in [9.17, 15) is 0 Å². The van der Waals surface area contributed by atoms with E-state index in [1.807, 2.05) is 31.2 Å². The molecule has 0 amide bonds. The Labute approximate surface area is 192 Å². The van der Waals surface area contributed by atoms with Crippen molar-refractivity contribution >= 4 is 11.8 Å².